The largest absolute Gasteiger partial charge is 2.00 e. The average molecular weight is 744 g/mol. The molecule has 0 spiro atoms. The first-order chi connectivity index (χ1) is 18.2. The smallest absolute Gasteiger partial charge is 0.343 e. The van der Waals surface area contributed by atoms with E-state index in [9.17, 15) is 26.3 Å². The van der Waals surface area contributed by atoms with Crippen molar-refractivity contribution in [1.29, 1.82) is 0 Å². The first-order valence-electron chi connectivity index (χ1n) is 12.2. The Morgan fingerprint density at radius 2 is 1.02 bits per heavy atom. The zero-order chi connectivity index (χ0) is 28.6. The topological polar surface area (TPSA) is 61.4 Å². The van der Waals surface area contributed by atoms with Crippen LogP contribution in [-0.4, -0.2) is 29.5 Å². The Morgan fingerprint density at radius 1 is 0.650 bits per heavy atom. The van der Waals surface area contributed by atoms with Crippen molar-refractivity contribution in [3.63, 3.8) is 0 Å². The molecule has 4 aromatic heterocycles. The summed E-state index contributed by atoms with van der Waals surface area (Å²) in [5.41, 5.74) is -1.91. The van der Waals surface area contributed by atoms with Crippen LogP contribution in [0, 0.1) is 24.2 Å². The van der Waals surface area contributed by atoms with Crippen molar-refractivity contribution in [3.05, 3.63) is 83.7 Å². The van der Waals surface area contributed by atoms with Gasteiger partial charge in [-0.25, -0.2) is 0 Å². The summed E-state index contributed by atoms with van der Waals surface area (Å²) in [5.74, 6) is 0.569. The van der Waals surface area contributed by atoms with Gasteiger partial charge < -0.3 is 9.36 Å². The molecular formula is C27H26F6N6Pt. The number of aromatic nitrogens is 6. The maximum atomic E-state index is 13.1. The van der Waals surface area contributed by atoms with Gasteiger partial charge in [0.15, 0.2) is 0 Å². The quantitative estimate of drug-likeness (QED) is 0.146. The molecule has 0 aromatic carbocycles. The standard InChI is InChI=1S/C27H26F6N6.Pt/c1-17(2)15-25(16-18(3)4,19-7-5-9-23(34-19)38-13-11-21(36-38)26(28,29)30)20-8-6-10-24(35-20)39-14-12-22(37-39)27(31,32)33;/h5-12,17-18H,15-16H2,1-4H3;/q-2;+2. The van der Waals surface area contributed by atoms with Gasteiger partial charge in [0.05, 0.1) is 28.4 Å². The van der Waals surface area contributed by atoms with Crippen molar-refractivity contribution in [2.45, 2.75) is 58.3 Å². The molecule has 40 heavy (non-hydrogen) atoms. The molecule has 0 N–H and O–H groups in total. The van der Waals surface area contributed by atoms with E-state index in [1.165, 1.54) is 12.1 Å². The molecule has 0 bridgehead atoms. The molecule has 216 valence electrons. The van der Waals surface area contributed by atoms with Gasteiger partial charge in [-0.3, -0.25) is 20.2 Å². The zero-order valence-electron chi connectivity index (χ0n) is 22.0. The third-order valence-electron chi connectivity index (χ3n) is 6.04. The summed E-state index contributed by atoms with van der Waals surface area (Å²) in [6.45, 7) is 8.10. The summed E-state index contributed by atoms with van der Waals surface area (Å²) in [7, 11) is 0. The van der Waals surface area contributed by atoms with Gasteiger partial charge in [-0.15, -0.1) is 12.1 Å². The van der Waals surface area contributed by atoms with E-state index in [0.717, 1.165) is 21.5 Å². The Kier molecular flexibility index (Phi) is 9.33. The number of halogens is 6. The second kappa shape index (κ2) is 11.8. The fourth-order valence-electron chi connectivity index (χ4n) is 4.73. The Labute approximate surface area is 242 Å². The van der Waals surface area contributed by atoms with Gasteiger partial charge in [-0.05, 0) is 36.8 Å². The number of hydrogen-bond donors (Lipinski definition) is 0. The normalized spacial score (nSPS) is 12.7. The van der Waals surface area contributed by atoms with Crippen LogP contribution >= 0.6 is 0 Å². The van der Waals surface area contributed by atoms with E-state index in [4.69, 9.17) is 9.97 Å². The summed E-state index contributed by atoms with van der Waals surface area (Å²) in [6, 6.07) is 11.5. The Hall–Kier alpha value is -3.01. The first kappa shape index (κ1) is 31.5. The van der Waals surface area contributed by atoms with Gasteiger partial charge in [-0.1, -0.05) is 64.4 Å². The minimum absolute atomic E-state index is 0. The summed E-state index contributed by atoms with van der Waals surface area (Å²) in [5, 5.41) is 7.19. The van der Waals surface area contributed by atoms with Crippen LogP contribution in [0.5, 0.6) is 0 Å². The number of pyridine rings is 2. The Morgan fingerprint density at radius 3 is 1.32 bits per heavy atom. The van der Waals surface area contributed by atoms with E-state index in [1.807, 2.05) is 27.7 Å². The predicted molar refractivity (Wildman–Crippen MR) is 130 cm³/mol. The molecule has 0 saturated heterocycles. The molecular weight excluding hydrogens is 717 g/mol. The fourth-order valence-corrected chi connectivity index (χ4v) is 4.73. The summed E-state index contributed by atoms with van der Waals surface area (Å²) in [4.78, 5) is 9.43. The molecule has 4 heterocycles. The van der Waals surface area contributed by atoms with Crippen LogP contribution in [-0.2, 0) is 38.8 Å². The molecule has 0 fully saturated rings. The van der Waals surface area contributed by atoms with Gasteiger partial charge in [0.1, 0.15) is 0 Å². The maximum absolute atomic E-state index is 13.1. The van der Waals surface area contributed by atoms with E-state index >= 15 is 0 Å². The second-order valence-electron chi connectivity index (χ2n) is 10.2. The molecule has 0 unspecified atom stereocenters. The van der Waals surface area contributed by atoms with Crippen LogP contribution in [0.2, 0.25) is 0 Å². The van der Waals surface area contributed by atoms with Crippen LogP contribution in [0.4, 0.5) is 26.3 Å². The molecule has 0 atom stereocenters. The van der Waals surface area contributed by atoms with E-state index in [-0.39, 0.29) is 44.5 Å². The summed E-state index contributed by atoms with van der Waals surface area (Å²) < 4.78 is 80.7. The molecule has 4 rings (SSSR count). The maximum Gasteiger partial charge on any atom is 2.00 e. The molecule has 0 radical (unpaired) electrons. The van der Waals surface area contributed by atoms with Crippen molar-refractivity contribution in [2.75, 3.05) is 0 Å². The van der Waals surface area contributed by atoms with E-state index in [0.29, 0.717) is 24.2 Å². The van der Waals surface area contributed by atoms with Crippen LogP contribution in [0.3, 0.4) is 0 Å². The second-order valence-corrected chi connectivity index (χ2v) is 10.2. The number of hydrogen-bond acceptors (Lipinski definition) is 4. The van der Waals surface area contributed by atoms with Gasteiger partial charge in [0, 0.05) is 11.4 Å². The Balaban J connectivity index is 0.00000441. The van der Waals surface area contributed by atoms with Gasteiger partial charge in [0.25, 0.3) is 0 Å². The molecule has 0 amide bonds. The summed E-state index contributed by atoms with van der Waals surface area (Å²) in [6.07, 6.45) is -3.18. The van der Waals surface area contributed by atoms with Gasteiger partial charge in [-0.2, -0.15) is 26.3 Å². The van der Waals surface area contributed by atoms with Crippen molar-refractivity contribution >= 4 is 0 Å². The molecule has 0 aliphatic rings. The van der Waals surface area contributed by atoms with E-state index in [2.05, 4.69) is 22.6 Å². The van der Waals surface area contributed by atoms with Crippen LogP contribution in [0.1, 0.15) is 63.3 Å². The van der Waals surface area contributed by atoms with Crippen molar-refractivity contribution in [3.8, 4) is 11.6 Å². The number of alkyl halides is 6. The van der Waals surface area contributed by atoms with Crippen LogP contribution in [0.25, 0.3) is 11.6 Å². The minimum Gasteiger partial charge on any atom is -0.343 e. The van der Waals surface area contributed by atoms with Crippen molar-refractivity contribution in [1.82, 2.24) is 29.5 Å². The molecule has 13 heteroatoms. The average Bonchev–Trinajstić information content (AvgIpc) is 3.53. The number of rotatable bonds is 8. The predicted octanol–water partition coefficient (Wildman–Crippen LogP) is 6.86. The third-order valence-corrected chi connectivity index (χ3v) is 6.04. The molecule has 0 aliphatic heterocycles. The van der Waals surface area contributed by atoms with Gasteiger partial charge >= 0.3 is 33.4 Å². The molecule has 0 aliphatic carbocycles. The van der Waals surface area contributed by atoms with Crippen molar-refractivity contribution < 1.29 is 47.4 Å². The third kappa shape index (κ3) is 6.82. The fraction of sp³-hybridized carbons (Fsp3) is 0.407. The monoisotopic (exact) mass is 743 g/mol. The van der Waals surface area contributed by atoms with E-state index < -0.39 is 29.2 Å². The van der Waals surface area contributed by atoms with Gasteiger partial charge in [0.2, 0.25) is 0 Å². The zero-order valence-corrected chi connectivity index (χ0v) is 24.2. The minimum atomic E-state index is -4.63. The Bertz CT molecular complexity index is 1320. The van der Waals surface area contributed by atoms with Crippen molar-refractivity contribution in [2.24, 2.45) is 11.8 Å². The molecule has 6 nitrogen and oxygen atoms in total. The van der Waals surface area contributed by atoms with Crippen LogP contribution in [0.15, 0.2) is 48.5 Å². The molecule has 4 aromatic rings. The van der Waals surface area contributed by atoms with Crippen LogP contribution < -0.4 is 0 Å². The molecule has 0 saturated carbocycles. The first-order valence-corrected chi connectivity index (χ1v) is 12.2. The number of nitrogens with zero attached hydrogens (tertiary/aromatic N) is 6. The van der Waals surface area contributed by atoms with E-state index in [1.54, 1.807) is 24.3 Å². The SMILES string of the molecule is CC(C)CC(CC(C)C)(c1cccc(-n2[c-]cc(C(F)(F)F)n2)n1)c1cccc(-n2[c-]cc(C(F)(F)F)n2)n1.[Pt+2]. The summed E-state index contributed by atoms with van der Waals surface area (Å²) >= 11 is 0.